The Morgan fingerprint density at radius 2 is 1.79 bits per heavy atom. The summed E-state index contributed by atoms with van der Waals surface area (Å²) in [6.45, 7) is 2.25. The minimum Gasteiger partial charge on any atom is -0.351 e. The number of fused-ring (bicyclic) bond motifs is 3. The maximum Gasteiger partial charge on any atom is 0.254 e. The van der Waals surface area contributed by atoms with Crippen molar-refractivity contribution in [3.63, 3.8) is 0 Å². The van der Waals surface area contributed by atoms with Crippen LogP contribution < -0.4 is 4.90 Å². The van der Waals surface area contributed by atoms with E-state index in [1.165, 1.54) is 24.5 Å². The van der Waals surface area contributed by atoms with Gasteiger partial charge in [0.25, 0.3) is 5.91 Å². The summed E-state index contributed by atoms with van der Waals surface area (Å²) in [5, 5.41) is 4.73. The molecule has 29 heavy (non-hydrogen) atoms. The van der Waals surface area contributed by atoms with Gasteiger partial charge in [0.05, 0.1) is 5.69 Å². The Balaban J connectivity index is 1.36. The van der Waals surface area contributed by atoms with Gasteiger partial charge in [0.1, 0.15) is 5.52 Å². The van der Waals surface area contributed by atoms with Crippen LogP contribution in [0.4, 0.5) is 14.6 Å². The SMILES string of the molecule is O=C(c1ccc(F)c(F)c1)N1CCN(c2nccn3nc4c(c23)CCCC4)CC1. The van der Waals surface area contributed by atoms with Crippen molar-refractivity contribution >= 4 is 17.2 Å². The van der Waals surface area contributed by atoms with Crippen LogP contribution in [0.1, 0.15) is 34.5 Å². The van der Waals surface area contributed by atoms with Gasteiger partial charge < -0.3 is 9.80 Å². The largest absolute Gasteiger partial charge is 0.351 e. The highest BCUT2D eigenvalue weighted by molar-refractivity contribution is 5.94. The standard InChI is InChI=1S/C21H21F2N5O/c22-16-6-5-14(13-17(16)23)21(29)27-11-9-26(10-12-27)20-19-15-3-1-2-4-18(15)25-28(19)8-7-24-20/h5-8,13H,1-4,9-12H2. The van der Waals surface area contributed by atoms with Crippen LogP contribution in [0.25, 0.3) is 5.52 Å². The average molecular weight is 397 g/mol. The quantitative estimate of drug-likeness (QED) is 0.667. The minimum absolute atomic E-state index is 0.169. The molecule has 1 fully saturated rings. The summed E-state index contributed by atoms with van der Waals surface area (Å²) in [5.74, 6) is -1.33. The molecule has 0 saturated carbocycles. The van der Waals surface area contributed by atoms with Crippen molar-refractivity contribution in [1.29, 1.82) is 0 Å². The van der Waals surface area contributed by atoms with Crippen LogP contribution in [0.2, 0.25) is 0 Å². The summed E-state index contributed by atoms with van der Waals surface area (Å²) in [4.78, 5) is 21.1. The predicted molar refractivity (Wildman–Crippen MR) is 104 cm³/mol. The van der Waals surface area contributed by atoms with E-state index in [1.54, 1.807) is 11.1 Å². The molecule has 0 N–H and O–H groups in total. The lowest BCUT2D eigenvalue weighted by atomic mass is 9.97. The molecule has 3 aromatic rings. The molecule has 1 amide bonds. The van der Waals surface area contributed by atoms with E-state index < -0.39 is 11.6 Å². The van der Waals surface area contributed by atoms with Crippen LogP contribution in [0, 0.1) is 11.6 Å². The van der Waals surface area contributed by atoms with Gasteiger partial charge in [0.2, 0.25) is 0 Å². The predicted octanol–water partition coefficient (Wildman–Crippen LogP) is 2.85. The summed E-state index contributed by atoms with van der Waals surface area (Å²) >= 11 is 0. The highest BCUT2D eigenvalue weighted by Crippen LogP contribution is 2.30. The first kappa shape index (κ1) is 18.0. The van der Waals surface area contributed by atoms with Crippen molar-refractivity contribution in [2.45, 2.75) is 25.7 Å². The molecule has 1 saturated heterocycles. The summed E-state index contributed by atoms with van der Waals surface area (Å²) in [6, 6.07) is 3.28. The van der Waals surface area contributed by atoms with Crippen LogP contribution in [-0.2, 0) is 12.8 Å². The molecule has 2 aliphatic rings. The fourth-order valence-corrected chi connectivity index (χ4v) is 4.31. The lowest BCUT2D eigenvalue weighted by Crippen LogP contribution is -2.49. The number of carbonyl (C=O) groups excluding carboxylic acids is 1. The topological polar surface area (TPSA) is 53.7 Å². The Labute approximate surface area is 166 Å². The summed E-state index contributed by atoms with van der Waals surface area (Å²) in [5.41, 5.74) is 3.70. The number of halogens is 2. The van der Waals surface area contributed by atoms with Crippen molar-refractivity contribution in [2.75, 3.05) is 31.1 Å². The maximum atomic E-state index is 13.5. The van der Waals surface area contributed by atoms with Gasteiger partial charge in [-0.3, -0.25) is 4.79 Å². The van der Waals surface area contributed by atoms with Crippen LogP contribution in [0.3, 0.4) is 0 Å². The molecule has 3 heterocycles. The van der Waals surface area contributed by atoms with Gasteiger partial charge in [-0.1, -0.05) is 0 Å². The second kappa shape index (κ2) is 7.09. The third-order valence-electron chi connectivity index (χ3n) is 5.83. The fraction of sp³-hybridized carbons (Fsp3) is 0.381. The molecule has 1 aliphatic carbocycles. The molecule has 0 spiro atoms. The Morgan fingerprint density at radius 3 is 2.59 bits per heavy atom. The van der Waals surface area contributed by atoms with E-state index in [2.05, 4.69) is 9.88 Å². The van der Waals surface area contributed by atoms with Gasteiger partial charge in [-0.25, -0.2) is 18.3 Å². The van der Waals surface area contributed by atoms with Gasteiger partial charge in [0, 0.05) is 49.7 Å². The highest BCUT2D eigenvalue weighted by atomic mass is 19.2. The normalized spacial score (nSPS) is 16.9. The summed E-state index contributed by atoms with van der Waals surface area (Å²) in [7, 11) is 0. The van der Waals surface area contributed by atoms with E-state index in [0.29, 0.717) is 26.2 Å². The number of piperazine rings is 1. The molecule has 2 aromatic heterocycles. The van der Waals surface area contributed by atoms with E-state index in [0.717, 1.165) is 42.0 Å². The summed E-state index contributed by atoms with van der Waals surface area (Å²) < 4.78 is 28.5. The Kier molecular flexibility index (Phi) is 4.41. The van der Waals surface area contributed by atoms with Crippen molar-refractivity contribution in [3.8, 4) is 0 Å². The van der Waals surface area contributed by atoms with Gasteiger partial charge in [-0.2, -0.15) is 5.10 Å². The molecule has 1 aromatic carbocycles. The molecular weight excluding hydrogens is 376 g/mol. The van der Waals surface area contributed by atoms with E-state index in [-0.39, 0.29) is 11.5 Å². The second-order valence-corrected chi connectivity index (χ2v) is 7.58. The number of rotatable bonds is 2. The number of hydrogen-bond acceptors (Lipinski definition) is 4. The molecule has 6 nitrogen and oxygen atoms in total. The molecule has 0 unspecified atom stereocenters. The molecule has 5 rings (SSSR count). The van der Waals surface area contributed by atoms with Gasteiger partial charge in [0.15, 0.2) is 17.5 Å². The second-order valence-electron chi connectivity index (χ2n) is 7.58. The van der Waals surface area contributed by atoms with Crippen molar-refractivity contribution in [2.24, 2.45) is 0 Å². The van der Waals surface area contributed by atoms with Crippen LogP contribution in [-0.4, -0.2) is 51.6 Å². The number of nitrogens with zero attached hydrogens (tertiary/aromatic N) is 5. The van der Waals surface area contributed by atoms with Gasteiger partial charge >= 0.3 is 0 Å². The van der Waals surface area contributed by atoms with Crippen LogP contribution in [0.5, 0.6) is 0 Å². The molecule has 8 heteroatoms. The maximum absolute atomic E-state index is 13.5. The molecule has 1 aliphatic heterocycles. The molecule has 150 valence electrons. The third kappa shape index (κ3) is 3.12. The number of carbonyl (C=O) groups is 1. The number of aryl methyl sites for hydroxylation is 2. The number of benzene rings is 1. The van der Waals surface area contributed by atoms with E-state index >= 15 is 0 Å². The number of aromatic nitrogens is 3. The molecule has 0 bridgehead atoms. The zero-order valence-corrected chi connectivity index (χ0v) is 15.9. The Morgan fingerprint density at radius 1 is 1.00 bits per heavy atom. The number of amides is 1. The smallest absolute Gasteiger partial charge is 0.254 e. The van der Waals surface area contributed by atoms with Crippen molar-refractivity contribution < 1.29 is 13.6 Å². The first-order valence-electron chi connectivity index (χ1n) is 9.96. The Bertz CT molecular complexity index is 1090. The number of hydrogen-bond donors (Lipinski definition) is 0. The molecule has 0 atom stereocenters. The van der Waals surface area contributed by atoms with Gasteiger partial charge in [-0.05, 0) is 43.9 Å². The molecule has 0 radical (unpaired) electrons. The minimum atomic E-state index is -1.00. The zero-order chi connectivity index (χ0) is 20.0. The molecular formula is C21H21F2N5O. The zero-order valence-electron chi connectivity index (χ0n) is 15.9. The average Bonchev–Trinajstić information content (AvgIpc) is 3.14. The van der Waals surface area contributed by atoms with Crippen LogP contribution >= 0.6 is 0 Å². The first-order chi connectivity index (χ1) is 14.1. The Hall–Kier alpha value is -3.03. The van der Waals surface area contributed by atoms with E-state index in [9.17, 15) is 13.6 Å². The highest BCUT2D eigenvalue weighted by Gasteiger charge is 2.27. The first-order valence-corrected chi connectivity index (χ1v) is 9.96. The van der Waals surface area contributed by atoms with Crippen molar-refractivity contribution in [1.82, 2.24) is 19.5 Å². The van der Waals surface area contributed by atoms with Crippen LogP contribution in [0.15, 0.2) is 30.6 Å². The van der Waals surface area contributed by atoms with Crippen molar-refractivity contribution in [3.05, 3.63) is 59.0 Å². The van der Waals surface area contributed by atoms with E-state index in [1.807, 2.05) is 10.7 Å². The lowest BCUT2D eigenvalue weighted by Gasteiger charge is -2.35. The van der Waals surface area contributed by atoms with Gasteiger partial charge in [-0.15, -0.1) is 0 Å². The fourth-order valence-electron chi connectivity index (χ4n) is 4.31. The third-order valence-corrected chi connectivity index (χ3v) is 5.83. The monoisotopic (exact) mass is 397 g/mol. The summed E-state index contributed by atoms with van der Waals surface area (Å²) in [6.07, 6.45) is 8.02. The van der Waals surface area contributed by atoms with E-state index in [4.69, 9.17) is 5.10 Å². The lowest BCUT2D eigenvalue weighted by molar-refractivity contribution is 0.0746. The number of anilines is 1.